The average Bonchev–Trinajstić information content (AvgIpc) is 3.14. The molecule has 0 bridgehead atoms. The van der Waals surface area contributed by atoms with Crippen LogP contribution in [0.5, 0.6) is 0 Å². The molecule has 3 rings (SSSR count). The molecule has 2 N–H and O–H groups in total. The molecule has 24 heavy (non-hydrogen) atoms. The highest BCUT2D eigenvalue weighted by Crippen LogP contribution is 2.19. The zero-order valence-corrected chi connectivity index (χ0v) is 14.4. The molecule has 1 aromatic carbocycles. The number of nitrogens with zero attached hydrogens (tertiary/aromatic N) is 1. The number of likely N-dealkylation sites (tertiary alicyclic amines) is 1. The molecule has 2 aliphatic heterocycles. The second kappa shape index (κ2) is 7.79. The summed E-state index contributed by atoms with van der Waals surface area (Å²) in [6.07, 6.45) is 4.06. The fourth-order valence-electron chi connectivity index (χ4n) is 3.65. The second-order valence-electron chi connectivity index (χ2n) is 7.02. The summed E-state index contributed by atoms with van der Waals surface area (Å²) in [6.45, 7) is 5.13. The number of aryl methyl sites for hydroxylation is 1. The van der Waals surface area contributed by atoms with Crippen molar-refractivity contribution >= 4 is 11.8 Å². The molecule has 5 heteroatoms. The van der Waals surface area contributed by atoms with Gasteiger partial charge < -0.3 is 15.5 Å². The smallest absolute Gasteiger partial charge is 0.253 e. The molecule has 1 aromatic rings. The molecule has 2 heterocycles. The molecule has 0 radical (unpaired) electrons. The van der Waals surface area contributed by atoms with Crippen LogP contribution in [0.2, 0.25) is 0 Å². The Hall–Kier alpha value is -1.88. The molecule has 2 fully saturated rings. The predicted molar refractivity (Wildman–Crippen MR) is 93.8 cm³/mol. The number of piperidine rings is 1. The van der Waals surface area contributed by atoms with Gasteiger partial charge in [0.1, 0.15) is 0 Å². The van der Waals surface area contributed by atoms with Crippen LogP contribution in [0.15, 0.2) is 24.3 Å². The van der Waals surface area contributed by atoms with Crippen LogP contribution in [-0.4, -0.2) is 48.9 Å². The molecule has 2 amide bonds. The Morgan fingerprint density at radius 2 is 2.17 bits per heavy atom. The van der Waals surface area contributed by atoms with Gasteiger partial charge in [0.15, 0.2) is 0 Å². The maximum Gasteiger partial charge on any atom is 0.253 e. The standard InChI is InChI=1S/C19H27N3O2/c1-14-5-2-7-16(11-14)19(24)22-10-4-6-15(13-22)12-21-18(23)17-8-3-9-20-17/h2,5,7,11,15,17,20H,3-4,6,8-10,12-13H2,1H3,(H,21,23)/t15-,17+/m1/s1. The molecule has 2 saturated heterocycles. The third kappa shape index (κ3) is 4.15. The zero-order valence-electron chi connectivity index (χ0n) is 14.4. The number of carbonyl (C=O) groups excluding carboxylic acids is 2. The molecular formula is C19H27N3O2. The Morgan fingerprint density at radius 1 is 1.29 bits per heavy atom. The number of nitrogens with one attached hydrogen (secondary N) is 2. The molecular weight excluding hydrogens is 302 g/mol. The lowest BCUT2D eigenvalue weighted by atomic mass is 9.97. The van der Waals surface area contributed by atoms with Crippen LogP contribution in [0.3, 0.4) is 0 Å². The number of benzene rings is 1. The first-order valence-corrected chi connectivity index (χ1v) is 9.00. The van der Waals surface area contributed by atoms with E-state index in [-0.39, 0.29) is 17.9 Å². The molecule has 5 nitrogen and oxygen atoms in total. The number of hydrogen-bond donors (Lipinski definition) is 2. The Bertz CT molecular complexity index is 596. The topological polar surface area (TPSA) is 61.4 Å². The first kappa shape index (κ1) is 17.0. The molecule has 0 spiro atoms. The van der Waals surface area contributed by atoms with Crippen LogP contribution in [-0.2, 0) is 4.79 Å². The van der Waals surface area contributed by atoms with E-state index in [1.54, 1.807) is 0 Å². The maximum atomic E-state index is 12.7. The summed E-state index contributed by atoms with van der Waals surface area (Å²) in [7, 11) is 0. The lowest BCUT2D eigenvalue weighted by Gasteiger charge is -2.33. The minimum atomic E-state index is -0.0291. The summed E-state index contributed by atoms with van der Waals surface area (Å²) in [4.78, 5) is 26.7. The van der Waals surface area contributed by atoms with Crippen molar-refractivity contribution in [3.63, 3.8) is 0 Å². The monoisotopic (exact) mass is 329 g/mol. The third-order valence-electron chi connectivity index (χ3n) is 5.01. The Morgan fingerprint density at radius 3 is 2.92 bits per heavy atom. The van der Waals surface area contributed by atoms with Gasteiger partial charge in [-0.3, -0.25) is 9.59 Å². The van der Waals surface area contributed by atoms with Crippen molar-refractivity contribution in [1.29, 1.82) is 0 Å². The van der Waals surface area contributed by atoms with Gasteiger partial charge in [0, 0.05) is 25.2 Å². The number of amides is 2. The second-order valence-corrected chi connectivity index (χ2v) is 7.02. The van der Waals surface area contributed by atoms with Gasteiger partial charge in [-0.25, -0.2) is 0 Å². The van der Waals surface area contributed by atoms with Gasteiger partial charge >= 0.3 is 0 Å². The van der Waals surface area contributed by atoms with E-state index in [1.165, 1.54) is 0 Å². The molecule has 2 atom stereocenters. The molecule has 0 aliphatic carbocycles. The highest BCUT2D eigenvalue weighted by Gasteiger charge is 2.26. The Labute approximate surface area is 143 Å². The minimum Gasteiger partial charge on any atom is -0.354 e. The Balaban J connectivity index is 1.52. The molecule has 0 saturated carbocycles. The Kier molecular flexibility index (Phi) is 5.51. The number of carbonyl (C=O) groups is 2. The quantitative estimate of drug-likeness (QED) is 0.884. The van der Waals surface area contributed by atoms with Gasteiger partial charge in [0.25, 0.3) is 5.91 Å². The van der Waals surface area contributed by atoms with E-state index < -0.39 is 0 Å². The minimum absolute atomic E-state index is 0.0291. The van der Waals surface area contributed by atoms with Crippen LogP contribution >= 0.6 is 0 Å². The van der Waals surface area contributed by atoms with Crippen LogP contribution in [0, 0.1) is 12.8 Å². The third-order valence-corrected chi connectivity index (χ3v) is 5.01. The summed E-state index contributed by atoms with van der Waals surface area (Å²) >= 11 is 0. The van der Waals surface area contributed by atoms with Crippen LogP contribution in [0.4, 0.5) is 0 Å². The summed E-state index contributed by atoms with van der Waals surface area (Å²) < 4.78 is 0. The zero-order chi connectivity index (χ0) is 16.9. The lowest BCUT2D eigenvalue weighted by Crippen LogP contribution is -2.46. The van der Waals surface area contributed by atoms with Crippen molar-refractivity contribution in [2.24, 2.45) is 5.92 Å². The largest absolute Gasteiger partial charge is 0.354 e. The van der Waals surface area contributed by atoms with Gasteiger partial charge in [-0.2, -0.15) is 0 Å². The highest BCUT2D eigenvalue weighted by atomic mass is 16.2. The normalized spacial score (nSPS) is 24.0. The van der Waals surface area contributed by atoms with E-state index in [4.69, 9.17) is 0 Å². The average molecular weight is 329 g/mol. The van der Waals surface area contributed by atoms with Gasteiger partial charge in [0.05, 0.1) is 6.04 Å². The van der Waals surface area contributed by atoms with E-state index in [0.29, 0.717) is 12.5 Å². The fraction of sp³-hybridized carbons (Fsp3) is 0.579. The van der Waals surface area contributed by atoms with E-state index in [0.717, 1.165) is 56.4 Å². The van der Waals surface area contributed by atoms with Crippen LogP contribution < -0.4 is 10.6 Å². The predicted octanol–water partition coefficient (Wildman–Crippen LogP) is 1.72. The van der Waals surface area contributed by atoms with Gasteiger partial charge in [-0.05, 0) is 57.2 Å². The van der Waals surface area contributed by atoms with E-state index in [2.05, 4.69) is 10.6 Å². The van der Waals surface area contributed by atoms with Gasteiger partial charge in [-0.1, -0.05) is 17.7 Å². The van der Waals surface area contributed by atoms with Crippen LogP contribution in [0.25, 0.3) is 0 Å². The molecule has 130 valence electrons. The summed E-state index contributed by atoms with van der Waals surface area (Å²) in [5.41, 5.74) is 1.86. The van der Waals surface area contributed by atoms with Crippen molar-refractivity contribution in [2.45, 2.75) is 38.6 Å². The summed E-state index contributed by atoms with van der Waals surface area (Å²) in [6, 6.07) is 7.73. The van der Waals surface area contributed by atoms with E-state index >= 15 is 0 Å². The first-order valence-electron chi connectivity index (χ1n) is 9.00. The highest BCUT2D eigenvalue weighted by molar-refractivity contribution is 5.94. The van der Waals surface area contributed by atoms with Crippen molar-refractivity contribution in [2.75, 3.05) is 26.2 Å². The van der Waals surface area contributed by atoms with Crippen molar-refractivity contribution < 1.29 is 9.59 Å². The molecule has 2 aliphatic rings. The SMILES string of the molecule is Cc1cccc(C(=O)N2CCC[C@H](CNC(=O)[C@@H]3CCCN3)C2)c1. The van der Waals surface area contributed by atoms with Gasteiger partial charge in [-0.15, -0.1) is 0 Å². The van der Waals surface area contributed by atoms with Crippen molar-refractivity contribution in [3.05, 3.63) is 35.4 Å². The van der Waals surface area contributed by atoms with Crippen LogP contribution in [0.1, 0.15) is 41.6 Å². The molecule has 0 unspecified atom stereocenters. The summed E-state index contributed by atoms with van der Waals surface area (Å²) in [5.74, 6) is 0.555. The van der Waals surface area contributed by atoms with Crippen molar-refractivity contribution in [1.82, 2.24) is 15.5 Å². The number of hydrogen-bond acceptors (Lipinski definition) is 3. The maximum absolute atomic E-state index is 12.7. The van der Waals surface area contributed by atoms with E-state index in [1.807, 2.05) is 36.1 Å². The van der Waals surface area contributed by atoms with Crippen molar-refractivity contribution in [3.8, 4) is 0 Å². The number of rotatable bonds is 4. The fourth-order valence-corrected chi connectivity index (χ4v) is 3.65. The lowest BCUT2D eigenvalue weighted by molar-refractivity contribution is -0.123. The van der Waals surface area contributed by atoms with Gasteiger partial charge in [0.2, 0.25) is 5.91 Å². The first-order chi connectivity index (χ1) is 11.6. The van der Waals surface area contributed by atoms with E-state index in [9.17, 15) is 9.59 Å². The molecule has 0 aromatic heterocycles. The summed E-state index contributed by atoms with van der Waals surface area (Å²) in [5, 5.41) is 6.28.